The summed E-state index contributed by atoms with van der Waals surface area (Å²) in [7, 11) is 0. The van der Waals surface area contributed by atoms with Gasteiger partial charge in [-0.15, -0.1) is 0 Å². The molecule has 1 aliphatic rings. The number of nitrogens with zero attached hydrogens (tertiary/aromatic N) is 1. The van der Waals surface area contributed by atoms with Crippen molar-refractivity contribution in [2.45, 2.75) is 45.3 Å². The number of guanidine groups is 1. The van der Waals surface area contributed by atoms with Crippen molar-refractivity contribution < 1.29 is 4.74 Å². The summed E-state index contributed by atoms with van der Waals surface area (Å²) in [5.41, 5.74) is 2.34. The third-order valence-electron chi connectivity index (χ3n) is 2.21. The molecule has 0 saturated heterocycles. The van der Waals surface area contributed by atoms with Crippen molar-refractivity contribution >= 4 is 5.96 Å². The molecular formula is C10H22N4O. The van der Waals surface area contributed by atoms with Gasteiger partial charge >= 0.3 is 0 Å². The van der Waals surface area contributed by atoms with Crippen LogP contribution in [0.4, 0.5) is 0 Å². The number of nitrogens with one attached hydrogen (secondary N) is 2. The number of hydrogen-bond donors (Lipinski definition) is 3. The number of nitrogens with two attached hydrogens (primary N) is 1. The van der Waals surface area contributed by atoms with Gasteiger partial charge < -0.3 is 10.1 Å². The minimum Gasteiger partial charge on any atom is -0.374 e. The van der Waals surface area contributed by atoms with Gasteiger partial charge in [0.1, 0.15) is 0 Å². The Morgan fingerprint density at radius 1 is 1.53 bits per heavy atom. The number of aliphatic imine (C=N–C) groups is 1. The van der Waals surface area contributed by atoms with Gasteiger partial charge in [0.15, 0.2) is 0 Å². The summed E-state index contributed by atoms with van der Waals surface area (Å²) in [6, 6.07) is 0.551. The third kappa shape index (κ3) is 4.99. The van der Waals surface area contributed by atoms with E-state index in [1.165, 1.54) is 12.8 Å². The van der Waals surface area contributed by atoms with Crippen LogP contribution in [0, 0.1) is 0 Å². The molecule has 15 heavy (non-hydrogen) atoms. The normalized spacial score (nSPS) is 17.7. The van der Waals surface area contributed by atoms with Crippen molar-refractivity contribution in [3.63, 3.8) is 0 Å². The first-order valence-corrected chi connectivity index (χ1v) is 5.49. The maximum Gasteiger partial charge on any atom is 0.206 e. The Morgan fingerprint density at radius 2 is 2.20 bits per heavy atom. The van der Waals surface area contributed by atoms with Gasteiger partial charge in [-0.1, -0.05) is 0 Å². The predicted molar refractivity (Wildman–Crippen MR) is 61.5 cm³/mol. The summed E-state index contributed by atoms with van der Waals surface area (Å²) in [4.78, 5) is 4.36. The Balaban J connectivity index is 2.37. The second-order valence-electron chi connectivity index (χ2n) is 4.42. The van der Waals surface area contributed by atoms with Gasteiger partial charge in [0.2, 0.25) is 5.96 Å². The summed E-state index contributed by atoms with van der Waals surface area (Å²) in [5.74, 6) is 6.03. The summed E-state index contributed by atoms with van der Waals surface area (Å²) >= 11 is 0. The van der Waals surface area contributed by atoms with E-state index in [0.29, 0.717) is 25.2 Å². The largest absolute Gasteiger partial charge is 0.374 e. The highest BCUT2D eigenvalue weighted by molar-refractivity contribution is 5.79. The van der Waals surface area contributed by atoms with Crippen LogP contribution in [0.5, 0.6) is 0 Å². The van der Waals surface area contributed by atoms with Crippen LogP contribution in [0.2, 0.25) is 0 Å². The highest BCUT2D eigenvalue weighted by Crippen LogP contribution is 2.18. The Bertz CT molecular complexity index is 223. The molecule has 1 saturated carbocycles. The number of ether oxygens (including phenoxy) is 1. The van der Waals surface area contributed by atoms with Gasteiger partial charge in [0, 0.05) is 12.6 Å². The highest BCUT2D eigenvalue weighted by Gasteiger charge is 2.23. The molecule has 0 aromatic rings. The molecule has 1 aliphatic carbocycles. The smallest absolute Gasteiger partial charge is 0.206 e. The van der Waals surface area contributed by atoms with Crippen LogP contribution in [0.3, 0.4) is 0 Å². The number of hydrogen-bond acceptors (Lipinski definition) is 3. The summed E-state index contributed by atoms with van der Waals surface area (Å²) in [5, 5.41) is 3.21. The molecule has 0 atom stereocenters. The maximum atomic E-state index is 5.54. The van der Waals surface area contributed by atoms with Crippen molar-refractivity contribution in [3.05, 3.63) is 0 Å². The quantitative estimate of drug-likeness (QED) is 0.268. The number of rotatable bonds is 5. The third-order valence-corrected chi connectivity index (χ3v) is 2.21. The average Bonchev–Trinajstić information content (AvgIpc) is 2.95. The minimum absolute atomic E-state index is 0.234. The average molecular weight is 214 g/mol. The zero-order valence-corrected chi connectivity index (χ0v) is 9.84. The molecule has 88 valence electrons. The zero-order valence-electron chi connectivity index (χ0n) is 9.84. The first kappa shape index (κ1) is 12.3. The molecule has 0 unspecified atom stereocenters. The van der Waals surface area contributed by atoms with Crippen molar-refractivity contribution in [2.24, 2.45) is 10.8 Å². The van der Waals surface area contributed by atoms with Gasteiger partial charge in [-0.3, -0.25) is 5.43 Å². The van der Waals surface area contributed by atoms with E-state index >= 15 is 0 Å². The Kier molecular flexibility index (Phi) is 4.35. The molecule has 0 aromatic heterocycles. The second kappa shape index (κ2) is 5.32. The molecular weight excluding hydrogens is 192 g/mol. The molecule has 1 rings (SSSR count). The van der Waals surface area contributed by atoms with Crippen LogP contribution in [-0.2, 0) is 4.74 Å². The lowest BCUT2D eigenvalue weighted by atomic mass is 10.1. The molecule has 0 radical (unpaired) electrons. The molecule has 0 aromatic carbocycles. The molecule has 5 nitrogen and oxygen atoms in total. The Hall–Kier alpha value is -0.810. The SMILES string of the molecule is CCOC(C)(C)CN=C(NN)NC1CC1. The van der Waals surface area contributed by atoms with Crippen molar-refractivity contribution in [1.82, 2.24) is 10.7 Å². The van der Waals surface area contributed by atoms with E-state index < -0.39 is 0 Å². The van der Waals surface area contributed by atoms with Crippen molar-refractivity contribution in [2.75, 3.05) is 13.2 Å². The van der Waals surface area contributed by atoms with Gasteiger partial charge in [0.25, 0.3) is 0 Å². The van der Waals surface area contributed by atoms with E-state index in [9.17, 15) is 0 Å². The molecule has 0 aliphatic heterocycles. The van der Waals surface area contributed by atoms with Crippen LogP contribution in [0.15, 0.2) is 4.99 Å². The van der Waals surface area contributed by atoms with Gasteiger partial charge in [-0.05, 0) is 33.6 Å². The first-order chi connectivity index (χ1) is 7.07. The summed E-state index contributed by atoms with van der Waals surface area (Å²) in [6.45, 7) is 7.32. The standard InChI is InChI=1S/C10H22N4O/c1-4-15-10(2,3)7-12-9(14-11)13-8-5-6-8/h8H,4-7,11H2,1-3H3,(H2,12,13,14). The maximum absolute atomic E-state index is 5.54. The molecule has 5 heteroatoms. The topological polar surface area (TPSA) is 71.7 Å². The van der Waals surface area contributed by atoms with Crippen LogP contribution >= 0.6 is 0 Å². The van der Waals surface area contributed by atoms with E-state index in [2.05, 4.69) is 15.7 Å². The van der Waals surface area contributed by atoms with E-state index in [1.807, 2.05) is 20.8 Å². The molecule has 0 heterocycles. The second-order valence-corrected chi connectivity index (χ2v) is 4.42. The van der Waals surface area contributed by atoms with E-state index in [4.69, 9.17) is 10.6 Å². The first-order valence-electron chi connectivity index (χ1n) is 5.49. The van der Waals surface area contributed by atoms with Gasteiger partial charge in [-0.2, -0.15) is 0 Å². The lowest BCUT2D eigenvalue weighted by molar-refractivity contribution is -0.00219. The Labute approximate surface area is 91.4 Å². The predicted octanol–water partition coefficient (Wildman–Crippen LogP) is 0.373. The lowest BCUT2D eigenvalue weighted by Gasteiger charge is -2.22. The van der Waals surface area contributed by atoms with E-state index in [1.54, 1.807) is 0 Å². The summed E-state index contributed by atoms with van der Waals surface area (Å²) < 4.78 is 5.54. The fourth-order valence-corrected chi connectivity index (χ4v) is 1.26. The zero-order chi connectivity index (χ0) is 11.3. The van der Waals surface area contributed by atoms with E-state index in [-0.39, 0.29) is 5.60 Å². The molecule has 1 fully saturated rings. The lowest BCUT2D eigenvalue weighted by Crippen LogP contribution is -2.43. The molecule has 0 amide bonds. The van der Waals surface area contributed by atoms with Crippen molar-refractivity contribution in [1.29, 1.82) is 0 Å². The monoisotopic (exact) mass is 214 g/mol. The summed E-state index contributed by atoms with van der Waals surface area (Å²) in [6.07, 6.45) is 2.41. The molecule has 0 bridgehead atoms. The van der Waals surface area contributed by atoms with Crippen LogP contribution in [0.1, 0.15) is 33.6 Å². The van der Waals surface area contributed by atoms with Crippen molar-refractivity contribution in [3.8, 4) is 0 Å². The fraction of sp³-hybridized carbons (Fsp3) is 0.900. The van der Waals surface area contributed by atoms with Crippen LogP contribution in [0.25, 0.3) is 0 Å². The van der Waals surface area contributed by atoms with Gasteiger partial charge in [-0.25, -0.2) is 10.8 Å². The molecule has 0 spiro atoms. The van der Waals surface area contributed by atoms with Crippen LogP contribution < -0.4 is 16.6 Å². The highest BCUT2D eigenvalue weighted by atomic mass is 16.5. The van der Waals surface area contributed by atoms with Crippen LogP contribution in [-0.4, -0.2) is 30.8 Å². The number of hydrazine groups is 1. The Morgan fingerprint density at radius 3 is 2.67 bits per heavy atom. The fourth-order valence-electron chi connectivity index (χ4n) is 1.26. The minimum atomic E-state index is -0.234. The van der Waals surface area contributed by atoms with E-state index in [0.717, 1.165) is 0 Å². The molecule has 4 N–H and O–H groups in total. The van der Waals surface area contributed by atoms with Gasteiger partial charge in [0.05, 0.1) is 12.1 Å².